The summed E-state index contributed by atoms with van der Waals surface area (Å²) < 4.78 is 39.4. The molecule has 8 nitrogen and oxygen atoms in total. The highest BCUT2D eigenvalue weighted by Crippen LogP contribution is 2.29. The first-order chi connectivity index (χ1) is 11.8. The standard InChI is InChI=1S/C14H15F3N6O2/c1-20-9-19-12(23(24)25)13(20)22-6-4-21(5-7-22)11-3-2-10(8-18-11)14(15,16)17/h2-3,8-9H,4-7H2,1H3/p+1. The lowest BCUT2D eigenvalue weighted by Crippen LogP contribution is -2.48. The van der Waals surface area contributed by atoms with E-state index in [9.17, 15) is 23.3 Å². The van der Waals surface area contributed by atoms with Crippen molar-refractivity contribution in [3.05, 3.63) is 40.3 Å². The third kappa shape index (κ3) is 3.35. The van der Waals surface area contributed by atoms with Gasteiger partial charge in [0.1, 0.15) is 19.3 Å². The van der Waals surface area contributed by atoms with Crippen molar-refractivity contribution in [2.75, 3.05) is 36.0 Å². The molecule has 2 aromatic heterocycles. The lowest BCUT2D eigenvalue weighted by Gasteiger charge is -2.31. The zero-order chi connectivity index (χ0) is 18.2. The number of H-pyrrole nitrogens is 1. The molecule has 3 heterocycles. The van der Waals surface area contributed by atoms with Gasteiger partial charge < -0.3 is 15.0 Å². The SMILES string of the molecule is Cn1cnc([N+](=O)[O-])c1N1CCN(c2ccc(C(F)(F)F)c[nH+]2)CC1. The molecule has 0 saturated carbocycles. The molecule has 0 amide bonds. The molecule has 1 aliphatic rings. The van der Waals surface area contributed by atoms with Crippen LogP contribution >= 0.6 is 0 Å². The minimum Gasteiger partial charge on any atom is -0.358 e. The first kappa shape index (κ1) is 17.0. The van der Waals surface area contributed by atoms with Crippen molar-refractivity contribution in [1.82, 2.24) is 9.55 Å². The van der Waals surface area contributed by atoms with E-state index in [1.165, 1.54) is 12.4 Å². The van der Waals surface area contributed by atoms with Gasteiger partial charge in [0.05, 0.1) is 18.7 Å². The number of aryl methyl sites for hydroxylation is 1. The van der Waals surface area contributed by atoms with Crippen LogP contribution in [-0.4, -0.2) is 40.7 Å². The number of pyridine rings is 1. The summed E-state index contributed by atoms with van der Waals surface area (Å²) in [5.41, 5.74) is -0.736. The molecule has 134 valence electrons. The van der Waals surface area contributed by atoms with Gasteiger partial charge in [-0.05, 0) is 16.0 Å². The highest BCUT2D eigenvalue weighted by molar-refractivity contribution is 5.55. The fourth-order valence-corrected chi connectivity index (χ4v) is 2.85. The molecule has 25 heavy (non-hydrogen) atoms. The normalized spacial score (nSPS) is 15.5. The number of nitro groups is 1. The van der Waals surface area contributed by atoms with Crippen molar-refractivity contribution < 1.29 is 23.1 Å². The number of nitrogens with zero attached hydrogens (tertiary/aromatic N) is 5. The molecule has 1 fully saturated rings. The average Bonchev–Trinajstić information content (AvgIpc) is 2.96. The largest absolute Gasteiger partial charge is 0.419 e. The Morgan fingerprint density at radius 3 is 2.36 bits per heavy atom. The smallest absolute Gasteiger partial charge is 0.358 e. The molecule has 3 rings (SSSR count). The molecule has 0 bridgehead atoms. The fraction of sp³-hybridized carbons (Fsp3) is 0.429. The molecule has 0 spiro atoms. The van der Waals surface area contributed by atoms with Gasteiger partial charge in [-0.25, -0.2) is 4.98 Å². The predicted molar refractivity (Wildman–Crippen MR) is 82.3 cm³/mol. The maximum absolute atomic E-state index is 12.6. The first-order valence-electron chi connectivity index (χ1n) is 7.52. The number of piperazine rings is 1. The van der Waals surface area contributed by atoms with E-state index in [1.807, 2.05) is 9.80 Å². The number of rotatable bonds is 3. The topological polar surface area (TPSA) is 81.6 Å². The van der Waals surface area contributed by atoms with Crippen LogP contribution in [0.15, 0.2) is 24.7 Å². The van der Waals surface area contributed by atoms with Crippen molar-refractivity contribution in [1.29, 1.82) is 0 Å². The monoisotopic (exact) mass is 357 g/mol. The second kappa shape index (κ2) is 6.22. The van der Waals surface area contributed by atoms with Crippen LogP contribution in [0.4, 0.5) is 30.6 Å². The molecule has 0 aliphatic carbocycles. The Hall–Kier alpha value is -2.85. The summed E-state index contributed by atoms with van der Waals surface area (Å²) >= 11 is 0. The lowest BCUT2D eigenvalue weighted by molar-refractivity contribution is -0.388. The number of hydrogen-bond donors (Lipinski definition) is 0. The minimum absolute atomic E-state index is 0.197. The molecule has 11 heteroatoms. The second-order valence-electron chi connectivity index (χ2n) is 5.69. The lowest BCUT2D eigenvalue weighted by atomic mass is 10.2. The van der Waals surface area contributed by atoms with E-state index >= 15 is 0 Å². The molecule has 1 aliphatic heterocycles. The molecular formula is C14H16F3N6O2+. The Labute approximate surface area is 140 Å². The Bertz CT molecular complexity index is 766. The van der Waals surface area contributed by atoms with Gasteiger partial charge in [-0.2, -0.15) is 13.2 Å². The van der Waals surface area contributed by atoms with Crippen LogP contribution in [0, 0.1) is 10.1 Å². The van der Waals surface area contributed by atoms with Gasteiger partial charge in [0.25, 0.3) is 5.82 Å². The maximum atomic E-state index is 12.6. The third-order valence-corrected chi connectivity index (χ3v) is 4.10. The van der Waals surface area contributed by atoms with Gasteiger partial charge in [-0.15, -0.1) is 0 Å². The Morgan fingerprint density at radius 2 is 1.84 bits per heavy atom. The van der Waals surface area contributed by atoms with Crippen LogP contribution in [0.25, 0.3) is 0 Å². The van der Waals surface area contributed by atoms with Gasteiger partial charge >= 0.3 is 12.0 Å². The molecule has 0 radical (unpaired) electrons. The van der Waals surface area contributed by atoms with E-state index in [4.69, 9.17) is 0 Å². The maximum Gasteiger partial charge on any atom is 0.419 e. The summed E-state index contributed by atoms with van der Waals surface area (Å²) in [7, 11) is 1.69. The first-order valence-corrected chi connectivity index (χ1v) is 7.52. The highest BCUT2D eigenvalue weighted by atomic mass is 19.4. The van der Waals surface area contributed by atoms with E-state index < -0.39 is 16.7 Å². The number of alkyl halides is 3. The van der Waals surface area contributed by atoms with E-state index in [-0.39, 0.29) is 5.82 Å². The number of nitrogens with one attached hydrogen (secondary N) is 1. The van der Waals surface area contributed by atoms with Gasteiger partial charge in [-0.3, -0.25) is 9.47 Å². The second-order valence-corrected chi connectivity index (χ2v) is 5.69. The summed E-state index contributed by atoms with van der Waals surface area (Å²) in [5.74, 6) is 0.810. The summed E-state index contributed by atoms with van der Waals surface area (Å²) in [4.78, 5) is 20.8. The number of aromatic nitrogens is 3. The van der Waals surface area contributed by atoms with E-state index in [1.54, 1.807) is 11.6 Å². The fourth-order valence-electron chi connectivity index (χ4n) is 2.85. The number of halogens is 3. The van der Waals surface area contributed by atoms with Crippen LogP contribution in [0.3, 0.4) is 0 Å². The van der Waals surface area contributed by atoms with Crippen LogP contribution in [-0.2, 0) is 13.2 Å². The van der Waals surface area contributed by atoms with Crippen molar-refractivity contribution in [2.45, 2.75) is 6.18 Å². The number of hydrogen-bond acceptors (Lipinski definition) is 5. The molecule has 0 atom stereocenters. The van der Waals surface area contributed by atoms with Crippen molar-refractivity contribution >= 4 is 17.5 Å². The summed E-state index contributed by atoms with van der Waals surface area (Å²) in [6.45, 7) is 2.03. The van der Waals surface area contributed by atoms with Crippen LogP contribution < -0.4 is 14.8 Å². The van der Waals surface area contributed by atoms with E-state index in [0.29, 0.717) is 37.8 Å². The van der Waals surface area contributed by atoms with Crippen LogP contribution in [0.2, 0.25) is 0 Å². The van der Waals surface area contributed by atoms with Crippen molar-refractivity contribution in [3.63, 3.8) is 0 Å². The Kier molecular flexibility index (Phi) is 4.23. The molecule has 0 unspecified atom stereocenters. The van der Waals surface area contributed by atoms with E-state index in [0.717, 1.165) is 12.3 Å². The molecule has 1 N–H and O–H groups in total. The predicted octanol–water partition coefficient (Wildman–Crippen LogP) is 1.49. The summed E-state index contributed by atoms with van der Waals surface area (Å²) in [5, 5.41) is 11.1. The summed E-state index contributed by atoms with van der Waals surface area (Å²) in [6, 6.07) is 2.43. The number of imidazole rings is 1. The van der Waals surface area contributed by atoms with Gasteiger partial charge in [0.15, 0.2) is 0 Å². The quantitative estimate of drug-likeness (QED) is 0.614. The molecule has 1 saturated heterocycles. The van der Waals surface area contributed by atoms with Gasteiger partial charge in [0, 0.05) is 13.1 Å². The van der Waals surface area contributed by atoms with Crippen LogP contribution in [0.5, 0.6) is 0 Å². The zero-order valence-electron chi connectivity index (χ0n) is 13.3. The van der Waals surface area contributed by atoms with Gasteiger partial charge in [-0.1, -0.05) is 0 Å². The minimum atomic E-state index is -4.38. The third-order valence-electron chi connectivity index (χ3n) is 4.10. The van der Waals surface area contributed by atoms with Crippen LogP contribution in [0.1, 0.15) is 5.56 Å². The molecule has 0 aromatic carbocycles. The average molecular weight is 357 g/mol. The Balaban J connectivity index is 1.70. The number of anilines is 2. The molecular weight excluding hydrogens is 341 g/mol. The van der Waals surface area contributed by atoms with Crippen molar-refractivity contribution in [2.24, 2.45) is 7.05 Å². The molecule has 2 aromatic rings. The van der Waals surface area contributed by atoms with E-state index in [2.05, 4.69) is 9.97 Å². The zero-order valence-corrected chi connectivity index (χ0v) is 13.3. The Morgan fingerprint density at radius 1 is 1.20 bits per heavy atom. The van der Waals surface area contributed by atoms with Crippen molar-refractivity contribution in [3.8, 4) is 0 Å². The van der Waals surface area contributed by atoms with Gasteiger partial charge in [0.2, 0.25) is 12.1 Å². The highest BCUT2D eigenvalue weighted by Gasteiger charge is 2.34. The number of aromatic amines is 1. The summed E-state index contributed by atoms with van der Waals surface area (Å²) in [6.07, 6.45) is -2.05.